The van der Waals surface area contributed by atoms with Crippen molar-refractivity contribution in [3.05, 3.63) is 70.2 Å². The van der Waals surface area contributed by atoms with Gasteiger partial charge < -0.3 is 29.2 Å². The third kappa shape index (κ3) is 4.09. The first kappa shape index (κ1) is 19.8. The second kappa shape index (κ2) is 8.47. The number of fused-ring (bicyclic) bond motifs is 1. The van der Waals surface area contributed by atoms with Crippen LogP contribution in [-0.2, 0) is 18.9 Å². The van der Waals surface area contributed by atoms with Crippen LogP contribution >= 0.6 is 11.6 Å². The van der Waals surface area contributed by atoms with Gasteiger partial charge in [-0.1, -0.05) is 53.6 Å². The molecule has 0 amide bonds. The highest BCUT2D eigenvalue weighted by Crippen LogP contribution is 2.39. The highest BCUT2D eigenvalue weighted by molar-refractivity contribution is 6.30. The zero-order valence-corrected chi connectivity index (χ0v) is 16.2. The van der Waals surface area contributed by atoms with E-state index in [0.717, 1.165) is 16.7 Å². The number of aryl methyl sites for hydroxylation is 1. The molecule has 2 unspecified atom stereocenters. The van der Waals surface area contributed by atoms with Gasteiger partial charge in [0.05, 0.1) is 13.2 Å². The lowest BCUT2D eigenvalue weighted by atomic mass is 9.99. The fourth-order valence-corrected chi connectivity index (χ4v) is 3.58. The summed E-state index contributed by atoms with van der Waals surface area (Å²) in [4.78, 5) is 0. The summed E-state index contributed by atoms with van der Waals surface area (Å²) in [7, 11) is 0. The number of benzene rings is 2. The number of ether oxygens (including phenoxy) is 4. The third-order valence-corrected chi connectivity index (χ3v) is 5.27. The van der Waals surface area contributed by atoms with Crippen molar-refractivity contribution in [2.75, 3.05) is 13.2 Å². The van der Waals surface area contributed by atoms with Crippen LogP contribution in [0.2, 0.25) is 5.02 Å². The number of aliphatic hydroxyl groups is 2. The minimum atomic E-state index is -1.11. The molecule has 0 spiro atoms. The summed E-state index contributed by atoms with van der Waals surface area (Å²) >= 11 is 5.95. The van der Waals surface area contributed by atoms with E-state index in [-0.39, 0.29) is 6.61 Å². The van der Waals surface area contributed by atoms with Crippen LogP contribution in [0.3, 0.4) is 0 Å². The molecule has 0 aliphatic carbocycles. The van der Waals surface area contributed by atoms with E-state index in [4.69, 9.17) is 30.5 Å². The molecule has 0 aromatic heterocycles. The van der Waals surface area contributed by atoms with Crippen LogP contribution in [-0.4, -0.2) is 47.8 Å². The Balaban J connectivity index is 1.55. The van der Waals surface area contributed by atoms with E-state index < -0.39 is 43.6 Å². The van der Waals surface area contributed by atoms with Gasteiger partial charge in [-0.2, -0.15) is 0 Å². The molecule has 2 aromatic rings. The molecule has 4 rings (SSSR count). The normalized spacial score (nSPS) is 31.2. The maximum absolute atomic E-state index is 10.4. The minimum absolute atomic E-state index is 0.283. The van der Waals surface area contributed by atoms with E-state index in [1.807, 2.05) is 31.2 Å². The summed E-state index contributed by atoms with van der Waals surface area (Å²) < 4.78 is 24.0. The number of hydrogen-bond donors (Lipinski definition) is 2. The van der Waals surface area contributed by atoms with Crippen LogP contribution in [0.15, 0.2) is 48.5 Å². The fourth-order valence-electron chi connectivity index (χ4n) is 3.45. The average Bonchev–Trinajstić information content (AvgIpc) is 2.73. The maximum Gasteiger partial charge on any atom is 0.184 e. The van der Waals surface area contributed by atoms with Gasteiger partial charge in [-0.25, -0.2) is 0 Å². The Morgan fingerprint density at radius 3 is 2.29 bits per heavy atom. The van der Waals surface area contributed by atoms with Crippen molar-refractivity contribution in [2.45, 2.75) is 43.9 Å². The van der Waals surface area contributed by atoms with Gasteiger partial charge in [0.2, 0.25) is 0 Å². The molecule has 28 heavy (non-hydrogen) atoms. The van der Waals surface area contributed by atoms with Crippen molar-refractivity contribution in [2.24, 2.45) is 0 Å². The Kier molecular flexibility index (Phi) is 5.99. The van der Waals surface area contributed by atoms with Gasteiger partial charge in [-0.3, -0.25) is 0 Å². The van der Waals surface area contributed by atoms with Crippen molar-refractivity contribution >= 4 is 11.6 Å². The molecule has 150 valence electrons. The zero-order chi connectivity index (χ0) is 19.7. The lowest BCUT2D eigenvalue weighted by Crippen LogP contribution is -2.58. The summed E-state index contributed by atoms with van der Waals surface area (Å²) in [6, 6.07) is 14.9. The van der Waals surface area contributed by atoms with Gasteiger partial charge in [-0.15, -0.1) is 0 Å². The van der Waals surface area contributed by atoms with Crippen LogP contribution in [0.1, 0.15) is 29.3 Å². The molecule has 2 aliphatic heterocycles. The molecular weight excluding hydrogens is 384 g/mol. The summed E-state index contributed by atoms with van der Waals surface area (Å²) in [5.74, 6) is 0. The van der Waals surface area contributed by atoms with E-state index >= 15 is 0 Å². The number of aliphatic hydroxyl groups excluding tert-OH is 2. The van der Waals surface area contributed by atoms with Gasteiger partial charge in [0.15, 0.2) is 12.6 Å². The van der Waals surface area contributed by atoms with Crippen LogP contribution in [0.5, 0.6) is 0 Å². The Bertz CT molecular complexity index is 778. The van der Waals surface area contributed by atoms with E-state index in [2.05, 4.69) is 0 Å². The predicted molar refractivity (Wildman–Crippen MR) is 102 cm³/mol. The Morgan fingerprint density at radius 2 is 1.61 bits per heavy atom. The molecule has 2 heterocycles. The maximum atomic E-state index is 10.4. The monoisotopic (exact) mass is 406 g/mol. The van der Waals surface area contributed by atoms with Crippen LogP contribution in [0.4, 0.5) is 0 Å². The quantitative estimate of drug-likeness (QED) is 0.813. The van der Waals surface area contributed by atoms with Crippen molar-refractivity contribution in [3.63, 3.8) is 0 Å². The average molecular weight is 407 g/mol. The Hall–Kier alpha value is -1.51. The van der Waals surface area contributed by atoms with Gasteiger partial charge in [-0.05, 0) is 19.1 Å². The molecule has 6 nitrogen and oxygen atoms in total. The van der Waals surface area contributed by atoms with Crippen molar-refractivity contribution in [3.8, 4) is 0 Å². The lowest BCUT2D eigenvalue weighted by molar-refractivity contribution is -0.373. The van der Waals surface area contributed by atoms with Crippen LogP contribution < -0.4 is 0 Å². The molecular formula is C21H23ClO6. The molecule has 2 aliphatic rings. The number of halogens is 1. The predicted octanol–water partition coefficient (Wildman–Crippen LogP) is 2.90. The number of rotatable bonds is 4. The summed E-state index contributed by atoms with van der Waals surface area (Å²) in [5.41, 5.74) is 2.78. The molecule has 2 saturated heterocycles. The van der Waals surface area contributed by atoms with Gasteiger partial charge in [0.25, 0.3) is 0 Å². The molecule has 2 aromatic carbocycles. The van der Waals surface area contributed by atoms with Crippen molar-refractivity contribution in [1.29, 1.82) is 0 Å². The standard InChI is InChI=1S/C21H23ClO6/c1-12-2-4-13(5-3-12)20-25-11-17-19(28-20)18(16(24)10-23)27-21(26-17)14-6-8-15(22)9-7-14/h2-9,16-21,23-24H,10-11H2,1H3/t16-,17+,18-,19-,20?,21?/m1/s1. The summed E-state index contributed by atoms with van der Waals surface area (Å²) in [5, 5.41) is 20.5. The smallest absolute Gasteiger partial charge is 0.184 e. The molecule has 6 atom stereocenters. The molecule has 7 heteroatoms. The first-order valence-corrected chi connectivity index (χ1v) is 9.62. The summed E-state index contributed by atoms with van der Waals surface area (Å²) in [6.07, 6.45) is -4.19. The molecule has 2 N–H and O–H groups in total. The largest absolute Gasteiger partial charge is 0.394 e. The second-order valence-electron chi connectivity index (χ2n) is 7.09. The zero-order valence-electron chi connectivity index (χ0n) is 15.4. The second-order valence-corrected chi connectivity index (χ2v) is 7.52. The SMILES string of the molecule is Cc1ccc(C2OC[C@@H]3OC(c4ccc(Cl)cc4)O[C@H]([C@H](O)CO)[C@@H]3O2)cc1. The molecule has 2 fully saturated rings. The number of hydrogen-bond acceptors (Lipinski definition) is 6. The Morgan fingerprint density at radius 1 is 0.964 bits per heavy atom. The molecule has 0 bridgehead atoms. The third-order valence-electron chi connectivity index (χ3n) is 5.02. The van der Waals surface area contributed by atoms with Gasteiger partial charge >= 0.3 is 0 Å². The Labute approximate surface area is 168 Å². The fraction of sp³-hybridized carbons (Fsp3) is 0.429. The highest BCUT2D eigenvalue weighted by Gasteiger charge is 2.48. The van der Waals surface area contributed by atoms with Crippen LogP contribution in [0.25, 0.3) is 0 Å². The topological polar surface area (TPSA) is 77.4 Å². The highest BCUT2D eigenvalue weighted by atomic mass is 35.5. The molecule has 0 saturated carbocycles. The van der Waals surface area contributed by atoms with E-state index in [1.165, 1.54) is 0 Å². The first-order valence-electron chi connectivity index (χ1n) is 9.24. The van der Waals surface area contributed by atoms with Gasteiger partial charge in [0.1, 0.15) is 24.4 Å². The van der Waals surface area contributed by atoms with Gasteiger partial charge in [0, 0.05) is 16.1 Å². The first-order chi connectivity index (χ1) is 13.5. The van der Waals surface area contributed by atoms with E-state index in [1.54, 1.807) is 24.3 Å². The van der Waals surface area contributed by atoms with Crippen LogP contribution in [0, 0.1) is 6.92 Å². The van der Waals surface area contributed by atoms with E-state index in [9.17, 15) is 10.2 Å². The summed E-state index contributed by atoms with van der Waals surface area (Å²) in [6.45, 7) is 1.85. The molecule has 0 radical (unpaired) electrons. The van der Waals surface area contributed by atoms with E-state index in [0.29, 0.717) is 5.02 Å². The lowest BCUT2D eigenvalue weighted by Gasteiger charge is -2.47. The van der Waals surface area contributed by atoms with Crippen molar-refractivity contribution < 1.29 is 29.2 Å². The minimum Gasteiger partial charge on any atom is -0.394 e. The van der Waals surface area contributed by atoms with Crippen molar-refractivity contribution in [1.82, 2.24) is 0 Å².